The molecule has 156 valence electrons. The molecule has 5 rings (SSSR count). The Morgan fingerprint density at radius 2 is 2.10 bits per heavy atom. The molecule has 2 fully saturated rings. The molecule has 2 aromatic rings. The molecule has 3 aliphatic heterocycles. The van der Waals surface area contributed by atoms with Gasteiger partial charge in [-0.15, -0.1) is 0 Å². The molecule has 3 atom stereocenters. The number of nitrogens with zero attached hydrogens (tertiary/aromatic N) is 3. The summed E-state index contributed by atoms with van der Waals surface area (Å²) in [7, 11) is 0. The highest BCUT2D eigenvalue weighted by molar-refractivity contribution is 5.99. The molecule has 0 aliphatic carbocycles. The summed E-state index contributed by atoms with van der Waals surface area (Å²) in [6.07, 6.45) is 2.06. The summed E-state index contributed by atoms with van der Waals surface area (Å²) in [5, 5.41) is 13.0. The normalized spacial score (nSPS) is 24.0. The number of rotatable bonds is 3. The maximum Gasteiger partial charge on any atom is 0.276 e. The zero-order valence-electron chi connectivity index (χ0n) is 16.4. The van der Waals surface area contributed by atoms with Crippen LogP contribution in [-0.4, -0.2) is 56.6 Å². The van der Waals surface area contributed by atoms with E-state index in [4.69, 9.17) is 0 Å². The molecule has 9 heteroatoms. The van der Waals surface area contributed by atoms with Crippen molar-refractivity contribution in [2.24, 2.45) is 0 Å². The van der Waals surface area contributed by atoms with Gasteiger partial charge >= 0.3 is 0 Å². The first-order valence-corrected chi connectivity index (χ1v) is 9.91. The predicted octanol–water partition coefficient (Wildman–Crippen LogP) is 0.801. The van der Waals surface area contributed by atoms with Crippen LogP contribution in [0, 0.1) is 12.7 Å². The number of fused-ring (bicyclic) bond motifs is 6. The fourth-order valence-electron chi connectivity index (χ4n) is 4.73. The second-order valence-electron chi connectivity index (χ2n) is 8.13. The van der Waals surface area contributed by atoms with Gasteiger partial charge in [0.15, 0.2) is 11.4 Å². The second-order valence-corrected chi connectivity index (χ2v) is 8.13. The average molecular weight is 412 g/mol. The molecule has 1 aromatic heterocycles. The van der Waals surface area contributed by atoms with Crippen molar-refractivity contribution >= 4 is 11.8 Å². The van der Waals surface area contributed by atoms with E-state index in [1.807, 2.05) is 0 Å². The van der Waals surface area contributed by atoms with Crippen molar-refractivity contribution in [1.82, 2.24) is 19.7 Å². The molecule has 4 heterocycles. The third-order valence-electron chi connectivity index (χ3n) is 6.28. The van der Waals surface area contributed by atoms with Crippen molar-refractivity contribution in [1.29, 1.82) is 0 Å². The van der Waals surface area contributed by atoms with Crippen LogP contribution in [0.1, 0.15) is 38.4 Å². The van der Waals surface area contributed by atoms with Crippen LogP contribution < -0.4 is 10.7 Å². The van der Waals surface area contributed by atoms with E-state index in [9.17, 15) is 23.9 Å². The molecule has 2 bridgehead atoms. The first-order chi connectivity index (χ1) is 14.3. The first kappa shape index (κ1) is 18.8. The molecule has 3 aliphatic rings. The van der Waals surface area contributed by atoms with Gasteiger partial charge in [0.05, 0.1) is 6.54 Å². The van der Waals surface area contributed by atoms with E-state index in [1.54, 1.807) is 24.0 Å². The molecule has 0 saturated carbocycles. The minimum absolute atomic E-state index is 0.0777. The summed E-state index contributed by atoms with van der Waals surface area (Å²) in [5.41, 5.74) is -0.207. The van der Waals surface area contributed by atoms with Gasteiger partial charge in [-0.2, -0.15) is 0 Å². The summed E-state index contributed by atoms with van der Waals surface area (Å²) in [6, 6.07) is 4.76. The van der Waals surface area contributed by atoms with Gasteiger partial charge in [0, 0.05) is 37.4 Å². The Morgan fingerprint density at radius 3 is 2.87 bits per heavy atom. The minimum Gasteiger partial charge on any atom is -0.503 e. The number of benzene rings is 1. The minimum atomic E-state index is -0.903. The van der Waals surface area contributed by atoms with Gasteiger partial charge in [0.2, 0.25) is 5.43 Å². The molecule has 0 radical (unpaired) electrons. The molecule has 2 amide bonds. The Labute approximate surface area is 171 Å². The Kier molecular flexibility index (Phi) is 4.18. The van der Waals surface area contributed by atoms with Crippen LogP contribution in [0.25, 0.3) is 0 Å². The standard InChI is InChI=1S/C21H21FN4O4/c1-11-2-3-12(15(22)6-11)7-23-20(29)14-9-25-10-16-24-5-4-13(8-24)26(16)21(30)17(25)19(28)18(14)27/h2-3,6,9,13,16,28H,4-5,7-8,10H2,1H3,(H,23,29)/t13-,16?/m0/s1. The number of amides is 2. The molecular weight excluding hydrogens is 391 g/mol. The van der Waals surface area contributed by atoms with E-state index in [0.717, 1.165) is 25.1 Å². The second kappa shape index (κ2) is 6.66. The van der Waals surface area contributed by atoms with E-state index < -0.39 is 22.9 Å². The molecule has 30 heavy (non-hydrogen) atoms. The zero-order valence-corrected chi connectivity index (χ0v) is 16.4. The van der Waals surface area contributed by atoms with Gasteiger partial charge in [-0.1, -0.05) is 12.1 Å². The topological polar surface area (TPSA) is 94.9 Å². The lowest BCUT2D eigenvalue weighted by atomic mass is 10.1. The summed E-state index contributed by atoms with van der Waals surface area (Å²) in [5.74, 6) is -2.28. The number of nitrogens with one attached hydrogen (secondary N) is 1. The lowest BCUT2D eigenvalue weighted by Gasteiger charge is -2.40. The Balaban J connectivity index is 1.44. The van der Waals surface area contributed by atoms with Gasteiger partial charge in [0.1, 0.15) is 17.5 Å². The van der Waals surface area contributed by atoms with Gasteiger partial charge < -0.3 is 19.9 Å². The molecule has 2 saturated heterocycles. The smallest absolute Gasteiger partial charge is 0.276 e. The van der Waals surface area contributed by atoms with Crippen molar-refractivity contribution in [3.8, 4) is 5.75 Å². The van der Waals surface area contributed by atoms with Crippen LogP contribution in [-0.2, 0) is 13.1 Å². The Morgan fingerprint density at radius 1 is 1.30 bits per heavy atom. The number of pyridine rings is 1. The monoisotopic (exact) mass is 412 g/mol. The largest absolute Gasteiger partial charge is 0.503 e. The van der Waals surface area contributed by atoms with Crippen molar-refractivity contribution in [3.05, 3.63) is 62.8 Å². The number of aryl methyl sites for hydroxylation is 1. The van der Waals surface area contributed by atoms with Crippen molar-refractivity contribution in [2.45, 2.75) is 38.6 Å². The Hall–Kier alpha value is -3.20. The van der Waals surface area contributed by atoms with Crippen molar-refractivity contribution < 1.29 is 19.1 Å². The highest BCUT2D eigenvalue weighted by atomic mass is 19.1. The number of aromatic hydroxyl groups is 1. The van der Waals surface area contributed by atoms with Crippen LogP contribution in [0.3, 0.4) is 0 Å². The predicted molar refractivity (Wildman–Crippen MR) is 105 cm³/mol. The Bertz CT molecular complexity index is 1140. The van der Waals surface area contributed by atoms with Gasteiger partial charge in [-0.05, 0) is 25.0 Å². The van der Waals surface area contributed by atoms with Gasteiger partial charge in [0.25, 0.3) is 11.8 Å². The fraction of sp³-hybridized carbons (Fsp3) is 0.381. The van der Waals surface area contributed by atoms with E-state index in [0.29, 0.717) is 6.54 Å². The highest BCUT2D eigenvalue weighted by Crippen LogP contribution is 2.36. The van der Waals surface area contributed by atoms with Gasteiger partial charge in [-0.25, -0.2) is 4.39 Å². The lowest BCUT2D eigenvalue weighted by molar-refractivity contribution is 0.0319. The third-order valence-corrected chi connectivity index (χ3v) is 6.28. The first-order valence-electron chi connectivity index (χ1n) is 9.91. The number of hydrogen-bond donors (Lipinski definition) is 2. The van der Waals surface area contributed by atoms with E-state index in [-0.39, 0.29) is 41.5 Å². The SMILES string of the molecule is Cc1ccc(CNC(=O)c2cn3c(c(O)c2=O)C(=O)N2C(C3)N3CC[C@H]2C3)c(F)c1. The molecular formula is C21H21FN4O4. The molecule has 8 nitrogen and oxygen atoms in total. The fourth-order valence-corrected chi connectivity index (χ4v) is 4.73. The summed E-state index contributed by atoms with van der Waals surface area (Å²) in [4.78, 5) is 42.1. The van der Waals surface area contributed by atoms with E-state index in [1.165, 1.54) is 16.8 Å². The number of aromatic nitrogens is 1. The van der Waals surface area contributed by atoms with Crippen LogP contribution in [0.2, 0.25) is 0 Å². The lowest BCUT2D eigenvalue weighted by Crippen LogP contribution is -2.55. The zero-order chi connectivity index (χ0) is 21.2. The van der Waals surface area contributed by atoms with Crippen molar-refractivity contribution in [2.75, 3.05) is 13.1 Å². The summed E-state index contributed by atoms with van der Waals surface area (Å²) >= 11 is 0. The van der Waals surface area contributed by atoms with E-state index in [2.05, 4.69) is 10.2 Å². The summed E-state index contributed by atoms with van der Waals surface area (Å²) < 4.78 is 15.5. The van der Waals surface area contributed by atoms with E-state index >= 15 is 0 Å². The van der Waals surface area contributed by atoms with Gasteiger partial charge in [-0.3, -0.25) is 19.3 Å². The summed E-state index contributed by atoms with van der Waals surface area (Å²) in [6.45, 7) is 3.72. The maximum absolute atomic E-state index is 14.0. The third kappa shape index (κ3) is 2.72. The number of hydrogen-bond acceptors (Lipinski definition) is 5. The average Bonchev–Trinajstić information content (AvgIpc) is 3.32. The number of carbonyl (C=O) groups is 2. The van der Waals surface area contributed by atoms with Crippen molar-refractivity contribution in [3.63, 3.8) is 0 Å². The molecule has 0 spiro atoms. The number of halogens is 1. The molecule has 1 aromatic carbocycles. The number of carbonyl (C=O) groups excluding carboxylic acids is 2. The van der Waals surface area contributed by atoms with Crippen LogP contribution >= 0.6 is 0 Å². The highest BCUT2D eigenvalue weighted by Gasteiger charge is 2.50. The molecule has 2 N–H and O–H groups in total. The quantitative estimate of drug-likeness (QED) is 0.778. The maximum atomic E-state index is 14.0. The van der Waals surface area contributed by atoms with Crippen LogP contribution in [0.5, 0.6) is 5.75 Å². The van der Waals surface area contributed by atoms with Crippen LogP contribution in [0.4, 0.5) is 4.39 Å². The molecule has 2 unspecified atom stereocenters. The van der Waals surface area contributed by atoms with Crippen LogP contribution in [0.15, 0.2) is 29.2 Å².